The Balaban J connectivity index is 1.58. The molecule has 10 nitrogen and oxygen atoms in total. The number of para-hydroxylation sites is 1. The van der Waals surface area contributed by atoms with Gasteiger partial charge in [-0.1, -0.05) is 32.3 Å². The Morgan fingerprint density at radius 1 is 1.12 bits per heavy atom. The van der Waals surface area contributed by atoms with Gasteiger partial charge in [0.25, 0.3) is 5.91 Å². The molecule has 2 aliphatic rings. The molecular weight excluding hydrogens is 529 g/mol. The molecule has 1 saturated carbocycles. The van der Waals surface area contributed by atoms with Crippen LogP contribution in [0.4, 0.5) is 25.4 Å². The fraction of sp³-hybridized carbons (Fsp3) is 0.500. The van der Waals surface area contributed by atoms with Crippen molar-refractivity contribution in [3.05, 3.63) is 53.8 Å². The lowest BCUT2D eigenvalue weighted by atomic mass is 9.96. The average Bonchev–Trinajstić information content (AvgIpc) is 2.96. The molecule has 2 aromatic carbocycles. The third-order valence-corrected chi connectivity index (χ3v) is 7.78. The highest BCUT2D eigenvalue weighted by molar-refractivity contribution is 6.01. The number of halogens is 1. The van der Waals surface area contributed by atoms with Crippen molar-refractivity contribution in [1.82, 2.24) is 15.1 Å². The minimum absolute atomic E-state index is 0.0961. The van der Waals surface area contributed by atoms with E-state index in [9.17, 15) is 23.9 Å². The number of nitrogens with zero attached hydrogens (tertiary/aromatic N) is 2. The van der Waals surface area contributed by atoms with Gasteiger partial charge in [-0.05, 0) is 56.2 Å². The molecule has 5 amide bonds. The van der Waals surface area contributed by atoms with Gasteiger partial charge in [-0.3, -0.25) is 4.79 Å². The maximum Gasteiger partial charge on any atom is 0.321 e. The first-order valence-electron chi connectivity index (χ1n) is 14.2. The number of amides is 5. The van der Waals surface area contributed by atoms with Crippen molar-refractivity contribution >= 4 is 29.3 Å². The van der Waals surface area contributed by atoms with Crippen LogP contribution in [0.1, 0.15) is 56.3 Å². The first-order chi connectivity index (χ1) is 19.7. The molecular formula is C30H40FN5O5. The maximum absolute atomic E-state index is 13.7. The third kappa shape index (κ3) is 7.66. The zero-order valence-electron chi connectivity index (χ0n) is 23.9. The van der Waals surface area contributed by atoms with Crippen molar-refractivity contribution in [2.24, 2.45) is 5.92 Å². The van der Waals surface area contributed by atoms with E-state index in [4.69, 9.17) is 4.74 Å². The van der Waals surface area contributed by atoms with Gasteiger partial charge in [0.15, 0.2) is 5.75 Å². The van der Waals surface area contributed by atoms with E-state index in [1.165, 1.54) is 35.6 Å². The zero-order chi connectivity index (χ0) is 29.5. The Morgan fingerprint density at radius 3 is 2.51 bits per heavy atom. The number of nitrogens with one attached hydrogen (secondary N) is 3. The Morgan fingerprint density at radius 2 is 1.83 bits per heavy atom. The number of benzene rings is 2. The van der Waals surface area contributed by atoms with Crippen molar-refractivity contribution in [2.75, 3.05) is 37.4 Å². The molecule has 11 heteroatoms. The SMILES string of the molecule is C[C@@H]1CN([C@@H](C)CO)C(=O)c2cccc(NC(=O)NC3CCCCC3)c2O[C@@H]1CN(C)C(=O)Nc1ccc(F)cc1. The molecule has 0 saturated heterocycles. The highest BCUT2D eigenvalue weighted by Gasteiger charge is 2.35. The topological polar surface area (TPSA) is 123 Å². The summed E-state index contributed by atoms with van der Waals surface area (Å²) in [5.74, 6) is -0.743. The van der Waals surface area contributed by atoms with E-state index in [1.54, 1.807) is 37.1 Å². The second-order valence-electron chi connectivity index (χ2n) is 11.1. The lowest BCUT2D eigenvalue weighted by Crippen LogP contribution is -2.50. The van der Waals surface area contributed by atoms with Gasteiger partial charge in [-0.2, -0.15) is 0 Å². The fourth-order valence-electron chi connectivity index (χ4n) is 5.26. The van der Waals surface area contributed by atoms with E-state index in [1.807, 2.05) is 6.92 Å². The predicted molar refractivity (Wildman–Crippen MR) is 155 cm³/mol. The number of fused-ring (bicyclic) bond motifs is 1. The number of hydrogen-bond donors (Lipinski definition) is 4. The number of carbonyl (C=O) groups is 3. The summed E-state index contributed by atoms with van der Waals surface area (Å²) in [4.78, 5) is 42.6. The molecule has 0 aromatic heterocycles. The molecule has 2 aromatic rings. The summed E-state index contributed by atoms with van der Waals surface area (Å²) >= 11 is 0. The summed E-state index contributed by atoms with van der Waals surface area (Å²) in [6, 6.07) is 9.33. The van der Waals surface area contributed by atoms with Crippen LogP contribution in [0.15, 0.2) is 42.5 Å². The van der Waals surface area contributed by atoms with Crippen LogP contribution in [0, 0.1) is 11.7 Å². The van der Waals surface area contributed by atoms with Gasteiger partial charge in [0.1, 0.15) is 11.9 Å². The second-order valence-corrected chi connectivity index (χ2v) is 11.1. The highest BCUT2D eigenvalue weighted by atomic mass is 19.1. The molecule has 41 heavy (non-hydrogen) atoms. The van der Waals surface area contributed by atoms with E-state index >= 15 is 0 Å². The Bertz CT molecular complexity index is 1220. The lowest BCUT2D eigenvalue weighted by Gasteiger charge is -2.38. The first kappa shape index (κ1) is 30.1. The van der Waals surface area contributed by atoms with Crippen LogP contribution in [-0.4, -0.2) is 77.8 Å². The summed E-state index contributed by atoms with van der Waals surface area (Å²) in [5, 5.41) is 18.5. The van der Waals surface area contributed by atoms with Crippen molar-refractivity contribution in [1.29, 1.82) is 0 Å². The van der Waals surface area contributed by atoms with Gasteiger partial charge in [0, 0.05) is 31.2 Å². The fourth-order valence-corrected chi connectivity index (χ4v) is 5.26. The standard InChI is InChI=1S/C30H40FN5O5/c1-19-16-36(20(2)18-37)28(38)24-10-7-11-25(34-29(39)32-22-8-5-4-6-9-22)27(24)41-26(19)17-35(3)30(40)33-23-14-12-21(31)13-15-23/h7,10-15,19-20,22,26,37H,4-6,8-9,16-18H2,1-3H3,(H,33,40)(H2,32,34,39)/t19-,20+,26-/m1/s1. The molecule has 1 aliphatic heterocycles. The number of ether oxygens (including phenoxy) is 1. The van der Waals surface area contributed by atoms with Gasteiger partial charge in [-0.15, -0.1) is 0 Å². The predicted octanol–water partition coefficient (Wildman–Crippen LogP) is 4.66. The van der Waals surface area contributed by atoms with Gasteiger partial charge in [0.05, 0.1) is 30.4 Å². The molecule has 0 bridgehead atoms. The first-order valence-corrected chi connectivity index (χ1v) is 14.2. The van der Waals surface area contributed by atoms with Crippen molar-refractivity contribution in [3.63, 3.8) is 0 Å². The molecule has 0 radical (unpaired) electrons. The quantitative estimate of drug-likeness (QED) is 0.386. The van der Waals surface area contributed by atoms with Crippen molar-refractivity contribution in [3.8, 4) is 5.75 Å². The molecule has 1 heterocycles. The number of rotatable bonds is 7. The van der Waals surface area contributed by atoms with Crippen LogP contribution in [0.2, 0.25) is 0 Å². The normalized spacial score (nSPS) is 20.1. The van der Waals surface area contributed by atoms with Crippen LogP contribution in [0.25, 0.3) is 0 Å². The summed E-state index contributed by atoms with van der Waals surface area (Å²) in [5.41, 5.74) is 1.05. The van der Waals surface area contributed by atoms with Crippen molar-refractivity contribution in [2.45, 2.75) is 64.1 Å². The summed E-state index contributed by atoms with van der Waals surface area (Å²) in [6.45, 7) is 3.91. The third-order valence-electron chi connectivity index (χ3n) is 7.78. The number of aliphatic hydroxyl groups excluding tert-OH is 1. The smallest absolute Gasteiger partial charge is 0.321 e. The minimum atomic E-state index is -0.566. The van der Waals surface area contributed by atoms with Crippen LogP contribution >= 0.6 is 0 Å². The van der Waals surface area contributed by atoms with E-state index in [0.29, 0.717) is 11.4 Å². The summed E-state index contributed by atoms with van der Waals surface area (Å²) < 4.78 is 19.8. The van der Waals surface area contributed by atoms with Crippen molar-refractivity contribution < 1.29 is 28.6 Å². The number of carbonyl (C=O) groups excluding carboxylic acids is 3. The van der Waals surface area contributed by atoms with Gasteiger partial charge >= 0.3 is 12.1 Å². The van der Waals surface area contributed by atoms with Crippen LogP contribution in [0.5, 0.6) is 5.75 Å². The molecule has 0 unspecified atom stereocenters. The zero-order valence-corrected chi connectivity index (χ0v) is 23.9. The molecule has 222 valence electrons. The van der Waals surface area contributed by atoms with E-state index in [0.717, 1.165) is 25.7 Å². The minimum Gasteiger partial charge on any atom is -0.485 e. The highest BCUT2D eigenvalue weighted by Crippen LogP contribution is 2.35. The maximum atomic E-state index is 13.7. The molecule has 0 spiro atoms. The van der Waals surface area contributed by atoms with Gasteiger partial charge < -0.3 is 35.6 Å². The summed E-state index contributed by atoms with van der Waals surface area (Å²) in [7, 11) is 1.62. The molecule has 1 fully saturated rings. The Kier molecular flexibility index (Phi) is 10.0. The van der Waals surface area contributed by atoms with E-state index < -0.39 is 24.0 Å². The van der Waals surface area contributed by atoms with E-state index in [-0.39, 0.29) is 54.9 Å². The monoisotopic (exact) mass is 569 g/mol. The van der Waals surface area contributed by atoms with Gasteiger partial charge in [-0.25, -0.2) is 14.0 Å². The average molecular weight is 570 g/mol. The lowest BCUT2D eigenvalue weighted by molar-refractivity contribution is 0.0373. The number of likely N-dealkylation sites (N-methyl/N-ethyl adjacent to an activating group) is 1. The van der Waals surface area contributed by atoms with E-state index in [2.05, 4.69) is 16.0 Å². The number of hydrogen-bond acceptors (Lipinski definition) is 5. The molecule has 4 rings (SSSR count). The molecule has 4 N–H and O–H groups in total. The number of anilines is 2. The van der Waals surface area contributed by atoms with Crippen LogP contribution in [0.3, 0.4) is 0 Å². The largest absolute Gasteiger partial charge is 0.485 e. The van der Waals surface area contributed by atoms with Crippen LogP contribution < -0.4 is 20.7 Å². The molecule has 3 atom stereocenters. The Hall–Kier alpha value is -3.86. The molecule has 1 aliphatic carbocycles. The number of aliphatic hydroxyl groups is 1. The Labute approximate surface area is 240 Å². The van der Waals surface area contributed by atoms with Gasteiger partial charge in [0.2, 0.25) is 0 Å². The number of urea groups is 2. The summed E-state index contributed by atoms with van der Waals surface area (Å²) in [6.07, 6.45) is 4.60. The van der Waals surface area contributed by atoms with Crippen LogP contribution in [-0.2, 0) is 0 Å². The second kappa shape index (κ2) is 13.7.